The molecule has 2 N–H and O–H groups in total. The number of carbonyl (C=O) groups is 1. The molecule has 0 bridgehead atoms. The molecule has 0 unspecified atom stereocenters. The van der Waals surface area contributed by atoms with Crippen LogP contribution >= 0.6 is 0 Å². The second-order valence-corrected chi connectivity index (χ2v) is 9.22. The van der Waals surface area contributed by atoms with Crippen molar-refractivity contribution in [2.24, 2.45) is 22.7 Å². The highest BCUT2D eigenvalue weighted by atomic mass is 16.5. The Balaban J connectivity index is 2.16. The van der Waals surface area contributed by atoms with Gasteiger partial charge >= 0.3 is 5.97 Å². The van der Waals surface area contributed by atoms with E-state index >= 15 is 0 Å². The van der Waals surface area contributed by atoms with Crippen LogP contribution in [0.3, 0.4) is 0 Å². The largest absolute Gasteiger partial charge is 0.462 e. The van der Waals surface area contributed by atoms with E-state index in [1.807, 2.05) is 6.08 Å². The number of hydrogen-bond acceptors (Lipinski definition) is 4. The molecule has 0 aliphatic heterocycles. The summed E-state index contributed by atoms with van der Waals surface area (Å²) in [6.45, 7) is 12.5. The van der Waals surface area contributed by atoms with Crippen molar-refractivity contribution >= 4 is 5.97 Å². The Kier molecular flexibility index (Phi) is 6.40. The molecular weight excluding hydrogens is 328 g/mol. The molecule has 0 aromatic heterocycles. The number of hydrogen-bond donors (Lipinski definition) is 2. The molecule has 0 radical (unpaired) electrons. The van der Waals surface area contributed by atoms with Crippen LogP contribution in [0.2, 0.25) is 0 Å². The first kappa shape index (κ1) is 21.2. The number of aliphatic hydroxyl groups is 2. The molecule has 0 saturated heterocycles. The highest BCUT2D eigenvalue weighted by Gasteiger charge is 2.57. The van der Waals surface area contributed by atoms with Gasteiger partial charge in [0, 0.05) is 6.92 Å². The molecule has 0 aromatic carbocycles. The second-order valence-electron chi connectivity index (χ2n) is 9.22. The summed E-state index contributed by atoms with van der Waals surface area (Å²) in [6, 6.07) is 0. The van der Waals surface area contributed by atoms with Crippen LogP contribution in [0.15, 0.2) is 23.3 Å². The van der Waals surface area contributed by atoms with Crippen molar-refractivity contribution in [1.29, 1.82) is 0 Å². The molecule has 148 valence electrons. The van der Waals surface area contributed by atoms with E-state index in [-0.39, 0.29) is 16.8 Å². The number of allylic oxidation sites excluding steroid dienone is 3. The third-order valence-electron chi connectivity index (χ3n) is 7.04. The fourth-order valence-electron chi connectivity index (χ4n) is 5.51. The molecule has 1 saturated carbocycles. The first-order valence-corrected chi connectivity index (χ1v) is 9.82. The topological polar surface area (TPSA) is 66.8 Å². The molecule has 4 nitrogen and oxygen atoms in total. The van der Waals surface area contributed by atoms with E-state index in [2.05, 4.69) is 40.7 Å². The van der Waals surface area contributed by atoms with Crippen LogP contribution in [0.4, 0.5) is 0 Å². The minimum Gasteiger partial charge on any atom is -0.462 e. The predicted molar refractivity (Wildman–Crippen MR) is 103 cm³/mol. The molecule has 0 heterocycles. The lowest BCUT2D eigenvalue weighted by molar-refractivity contribution is -0.174. The Morgan fingerprint density at radius 1 is 1.31 bits per heavy atom. The summed E-state index contributed by atoms with van der Waals surface area (Å²) in [5, 5.41) is 21.1. The number of rotatable bonds is 5. The van der Waals surface area contributed by atoms with Gasteiger partial charge in [-0.1, -0.05) is 38.0 Å². The maximum Gasteiger partial charge on any atom is 0.302 e. The lowest BCUT2D eigenvalue weighted by Gasteiger charge is -2.59. The van der Waals surface area contributed by atoms with Crippen LogP contribution in [0.25, 0.3) is 0 Å². The molecule has 5 atom stereocenters. The maximum atomic E-state index is 10.9. The van der Waals surface area contributed by atoms with Gasteiger partial charge in [-0.2, -0.15) is 0 Å². The molecule has 4 heteroatoms. The summed E-state index contributed by atoms with van der Waals surface area (Å²) >= 11 is 0. The van der Waals surface area contributed by atoms with Gasteiger partial charge in [0.1, 0.15) is 6.61 Å². The number of fused-ring (bicyclic) bond motifs is 1. The Labute approximate surface area is 158 Å². The first-order chi connectivity index (χ1) is 12.0. The van der Waals surface area contributed by atoms with Crippen LogP contribution in [-0.4, -0.2) is 35.0 Å². The van der Waals surface area contributed by atoms with Crippen LogP contribution in [0.5, 0.6) is 0 Å². The van der Waals surface area contributed by atoms with Crippen LogP contribution in [0, 0.1) is 22.7 Å². The molecule has 2 rings (SSSR count). The van der Waals surface area contributed by atoms with Gasteiger partial charge < -0.3 is 14.9 Å². The third-order valence-corrected chi connectivity index (χ3v) is 7.04. The number of ether oxygens (including phenoxy) is 1. The van der Waals surface area contributed by atoms with Gasteiger partial charge in [-0.3, -0.25) is 4.79 Å². The average molecular weight is 365 g/mol. The molecule has 2 aliphatic carbocycles. The SMILES string of the molecule is CC(=O)OC/C=C(\C)CC[C@@H]1C(C)=CC[C@H]2C(C)(C)[C@@H](O)[C@@H](O)C[C@@]12C. The Hall–Kier alpha value is -1.13. The second kappa shape index (κ2) is 7.85. The van der Waals surface area contributed by atoms with Gasteiger partial charge in [0.25, 0.3) is 0 Å². The smallest absolute Gasteiger partial charge is 0.302 e. The van der Waals surface area contributed by atoms with Gasteiger partial charge in [0.15, 0.2) is 0 Å². The van der Waals surface area contributed by atoms with Gasteiger partial charge in [-0.05, 0) is 68.3 Å². The maximum absolute atomic E-state index is 10.9. The summed E-state index contributed by atoms with van der Waals surface area (Å²) in [5.41, 5.74) is 2.30. The Morgan fingerprint density at radius 3 is 2.58 bits per heavy atom. The Morgan fingerprint density at radius 2 is 1.96 bits per heavy atom. The number of aliphatic hydroxyl groups excluding tert-OH is 2. The number of esters is 1. The molecule has 0 aromatic rings. The number of carbonyl (C=O) groups excluding carboxylic acids is 1. The summed E-state index contributed by atoms with van der Waals surface area (Å²) < 4.78 is 5.00. The molecule has 0 spiro atoms. The quantitative estimate of drug-likeness (QED) is 0.571. The van der Waals surface area contributed by atoms with E-state index in [1.165, 1.54) is 18.1 Å². The lowest BCUT2D eigenvalue weighted by atomic mass is 9.47. The van der Waals surface area contributed by atoms with Gasteiger partial charge in [0.2, 0.25) is 0 Å². The molecule has 26 heavy (non-hydrogen) atoms. The standard InChI is InChI=1S/C22H36O4/c1-14(11-12-26-16(3)23)7-9-17-15(2)8-10-19-21(4,5)20(25)18(24)13-22(17,19)6/h8,11,17-20,24-25H,7,9-10,12-13H2,1-6H3/b14-11+/t17-,18+,19+,20+,22+/m1/s1. The summed E-state index contributed by atoms with van der Waals surface area (Å²) in [4.78, 5) is 10.9. The minimum absolute atomic E-state index is 0.0167. The van der Waals surface area contributed by atoms with Crippen LogP contribution in [0.1, 0.15) is 67.2 Å². The van der Waals surface area contributed by atoms with Crippen LogP contribution in [-0.2, 0) is 9.53 Å². The van der Waals surface area contributed by atoms with Crippen molar-refractivity contribution in [3.8, 4) is 0 Å². The summed E-state index contributed by atoms with van der Waals surface area (Å²) in [6.07, 6.45) is 6.55. The van der Waals surface area contributed by atoms with Crippen molar-refractivity contribution < 1.29 is 19.7 Å². The third kappa shape index (κ3) is 4.07. The zero-order chi connectivity index (χ0) is 19.7. The molecule has 2 aliphatic rings. The van der Waals surface area contributed by atoms with Crippen molar-refractivity contribution in [2.45, 2.75) is 79.4 Å². The molecular formula is C22H36O4. The van der Waals surface area contributed by atoms with E-state index in [4.69, 9.17) is 4.74 Å². The van der Waals surface area contributed by atoms with Crippen molar-refractivity contribution in [3.05, 3.63) is 23.3 Å². The summed E-state index contributed by atoms with van der Waals surface area (Å²) in [7, 11) is 0. The highest BCUT2D eigenvalue weighted by Crippen LogP contribution is 2.60. The fourth-order valence-corrected chi connectivity index (χ4v) is 5.51. The average Bonchev–Trinajstić information content (AvgIpc) is 2.51. The highest BCUT2D eigenvalue weighted by molar-refractivity contribution is 5.66. The van der Waals surface area contributed by atoms with Crippen molar-refractivity contribution in [1.82, 2.24) is 0 Å². The van der Waals surface area contributed by atoms with E-state index in [1.54, 1.807) is 0 Å². The Bertz CT molecular complexity index is 589. The monoisotopic (exact) mass is 364 g/mol. The fraction of sp³-hybridized carbons (Fsp3) is 0.773. The zero-order valence-corrected chi connectivity index (χ0v) is 17.2. The zero-order valence-electron chi connectivity index (χ0n) is 17.2. The molecule has 1 fully saturated rings. The first-order valence-electron chi connectivity index (χ1n) is 9.82. The predicted octanol–water partition coefficient (Wildman–Crippen LogP) is 4.02. The van der Waals surface area contributed by atoms with E-state index in [9.17, 15) is 15.0 Å². The normalized spacial score (nSPS) is 36.9. The van der Waals surface area contributed by atoms with Gasteiger partial charge in [-0.15, -0.1) is 0 Å². The van der Waals surface area contributed by atoms with Crippen LogP contribution < -0.4 is 0 Å². The van der Waals surface area contributed by atoms with Crippen molar-refractivity contribution in [3.63, 3.8) is 0 Å². The molecule has 0 amide bonds. The minimum atomic E-state index is -0.668. The van der Waals surface area contributed by atoms with E-state index in [0.29, 0.717) is 24.9 Å². The van der Waals surface area contributed by atoms with Crippen molar-refractivity contribution in [2.75, 3.05) is 6.61 Å². The van der Waals surface area contributed by atoms with Gasteiger partial charge in [0.05, 0.1) is 12.2 Å². The van der Waals surface area contributed by atoms with Gasteiger partial charge in [-0.25, -0.2) is 0 Å². The van der Waals surface area contributed by atoms with E-state index in [0.717, 1.165) is 19.3 Å². The lowest BCUT2D eigenvalue weighted by Crippen LogP contribution is -2.59. The van der Waals surface area contributed by atoms with E-state index < -0.39 is 12.2 Å². The summed E-state index contributed by atoms with van der Waals surface area (Å²) in [5.74, 6) is 0.486.